The van der Waals surface area contributed by atoms with Crippen molar-refractivity contribution in [3.63, 3.8) is 0 Å². The van der Waals surface area contributed by atoms with Crippen molar-refractivity contribution in [3.05, 3.63) is 39.4 Å². The van der Waals surface area contributed by atoms with Crippen molar-refractivity contribution in [2.24, 2.45) is 0 Å². The monoisotopic (exact) mass is 276 g/mol. The Morgan fingerprint density at radius 3 is 3.00 bits per heavy atom. The highest BCUT2D eigenvalue weighted by Gasteiger charge is 2.30. The molecular weight excluding hydrogens is 260 g/mol. The van der Waals surface area contributed by atoms with Crippen LogP contribution in [0.4, 0.5) is 0 Å². The van der Waals surface area contributed by atoms with E-state index in [-0.39, 0.29) is 5.91 Å². The van der Waals surface area contributed by atoms with Crippen molar-refractivity contribution in [2.45, 2.75) is 26.2 Å². The van der Waals surface area contributed by atoms with Crippen molar-refractivity contribution in [2.75, 3.05) is 13.1 Å². The average molecular weight is 276 g/mol. The Labute approximate surface area is 116 Å². The number of likely N-dealkylation sites (tertiary alicyclic amines) is 1. The Bertz CT molecular complexity index is 569. The molecule has 0 bridgehead atoms. The zero-order valence-electron chi connectivity index (χ0n) is 11.0. The van der Waals surface area contributed by atoms with Gasteiger partial charge in [-0.05, 0) is 42.7 Å². The second-order valence-corrected chi connectivity index (χ2v) is 5.77. The number of hydrogen-bond acceptors (Lipinski definition) is 4. The first-order chi connectivity index (χ1) is 9.16. The van der Waals surface area contributed by atoms with Gasteiger partial charge in [-0.2, -0.15) is 11.3 Å². The SMILES string of the molecule is Cc1noc(C)c1C(=O)N1CCC(c2ccsc2)C1. The maximum absolute atomic E-state index is 12.5. The lowest BCUT2D eigenvalue weighted by Gasteiger charge is -2.16. The number of thiophene rings is 1. The summed E-state index contributed by atoms with van der Waals surface area (Å²) in [7, 11) is 0. The van der Waals surface area contributed by atoms with Gasteiger partial charge in [0.25, 0.3) is 5.91 Å². The Kier molecular flexibility index (Phi) is 3.14. The highest BCUT2D eigenvalue weighted by atomic mass is 32.1. The molecule has 0 aliphatic carbocycles. The molecule has 1 aliphatic rings. The maximum Gasteiger partial charge on any atom is 0.259 e. The topological polar surface area (TPSA) is 46.3 Å². The summed E-state index contributed by atoms with van der Waals surface area (Å²) in [6, 6.07) is 2.15. The number of amides is 1. The predicted octanol–water partition coefficient (Wildman–Crippen LogP) is 2.98. The third kappa shape index (κ3) is 2.18. The van der Waals surface area contributed by atoms with Crippen LogP contribution >= 0.6 is 11.3 Å². The lowest BCUT2D eigenvalue weighted by atomic mass is 10.0. The van der Waals surface area contributed by atoms with Crippen LogP contribution in [0.25, 0.3) is 0 Å². The van der Waals surface area contributed by atoms with Crippen molar-refractivity contribution < 1.29 is 9.32 Å². The molecule has 1 aliphatic heterocycles. The molecule has 1 saturated heterocycles. The van der Waals surface area contributed by atoms with Gasteiger partial charge in [0.15, 0.2) is 0 Å². The zero-order chi connectivity index (χ0) is 13.4. The van der Waals surface area contributed by atoms with Crippen LogP contribution in [0.2, 0.25) is 0 Å². The summed E-state index contributed by atoms with van der Waals surface area (Å²) in [5.41, 5.74) is 2.66. The minimum absolute atomic E-state index is 0.0500. The van der Waals surface area contributed by atoms with Gasteiger partial charge < -0.3 is 9.42 Å². The molecule has 1 unspecified atom stereocenters. The van der Waals surface area contributed by atoms with E-state index < -0.39 is 0 Å². The fourth-order valence-corrected chi connectivity index (χ4v) is 3.41. The minimum atomic E-state index is 0.0500. The van der Waals surface area contributed by atoms with E-state index in [2.05, 4.69) is 22.0 Å². The first-order valence-corrected chi connectivity index (χ1v) is 7.35. The molecule has 1 amide bonds. The molecule has 0 radical (unpaired) electrons. The Balaban J connectivity index is 1.76. The first kappa shape index (κ1) is 12.4. The first-order valence-electron chi connectivity index (χ1n) is 6.41. The zero-order valence-corrected chi connectivity index (χ0v) is 11.9. The van der Waals surface area contributed by atoms with Gasteiger partial charge >= 0.3 is 0 Å². The molecule has 19 heavy (non-hydrogen) atoms. The van der Waals surface area contributed by atoms with Gasteiger partial charge in [-0.3, -0.25) is 4.79 Å². The molecule has 0 N–H and O–H groups in total. The number of rotatable bonds is 2. The van der Waals surface area contributed by atoms with Gasteiger partial charge in [0.05, 0.1) is 5.69 Å². The summed E-state index contributed by atoms with van der Waals surface area (Å²) >= 11 is 1.71. The van der Waals surface area contributed by atoms with Crippen LogP contribution in [-0.2, 0) is 0 Å². The van der Waals surface area contributed by atoms with Crippen LogP contribution in [0.5, 0.6) is 0 Å². The van der Waals surface area contributed by atoms with Gasteiger partial charge in [0.2, 0.25) is 0 Å². The standard InChI is InChI=1S/C14H16N2O2S/c1-9-13(10(2)18-15-9)14(17)16-5-3-11(7-16)12-4-6-19-8-12/h4,6,8,11H,3,5,7H2,1-2H3. The van der Waals surface area contributed by atoms with Crippen molar-refractivity contribution in [1.82, 2.24) is 10.1 Å². The lowest BCUT2D eigenvalue weighted by molar-refractivity contribution is 0.0788. The predicted molar refractivity (Wildman–Crippen MR) is 73.6 cm³/mol. The highest BCUT2D eigenvalue weighted by Crippen LogP contribution is 2.30. The molecule has 3 rings (SSSR count). The fourth-order valence-electron chi connectivity index (χ4n) is 2.67. The summed E-state index contributed by atoms with van der Waals surface area (Å²) < 4.78 is 5.08. The van der Waals surface area contributed by atoms with Gasteiger partial charge in [-0.1, -0.05) is 5.16 Å². The Morgan fingerprint density at radius 1 is 1.53 bits per heavy atom. The van der Waals surface area contributed by atoms with Crippen LogP contribution in [0.3, 0.4) is 0 Å². The largest absolute Gasteiger partial charge is 0.361 e. The molecule has 2 aromatic heterocycles. The summed E-state index contributed by atoms with van der Waals surface area (Å²) in [5.74, 6) is 1.13. The summed E-state index contributed by atoms with van der Waals surface area (Å²) in [4.78, 5) is 14.4. The van der Waals surface area contributed by atoms with Crippen LogP contribution in [0.1, 0.15) is 39.7 Å². The van der Waals surface area contributed by atoms with Crippen LogP contribution in [0.15, 0.2) is 21.3 Å². The lowest BCUT2D eigenvalue weighted by Crippen LogP contribution is -2.29. The summed E-state index contributed by atoms with van der Waals surface area (Å²) in [6.07, 6.45) is 1.03. The average Bonchev–Trinajstić information content (AvgIpc) is 3.09. The van der Waals surface area contributed by atoms with E-state index >= 15 is 0 Å². The molecule has 4 nitrogen and oxygen atoms in total. The van der Waals surface area contributed by atoms with E-state index in [1.807, 2.05) is 11.8 Å². The number of aromatic nitrogens is 1. The molecule has 1 atom stereocenters. The summed E-state index contributed by atoms with van der Waals surface area (Å²) in [5, 5.41) is 8.12. The van der Waals surface area contributed by atoms with Crippen molar-refractivity contribution in [3.8, 4) is 0 Å². The van der Waals surface area contributed by atoms with E-state index in [4.69, 9.17) is 4.52 Å². The molecule has 3 heterocycles. The number of carbonyl (C=O) groups excluding carboxylic acids is 1. The van der Waals surface area contributed by atoms with E-state index in [1.165, 1.54) is 5.56 Å². The van der Waals surface area contributed by atoms with E-state index in [9.17, 15) is 4.79 Å². The molecule has 100 valence electrons. The third-order valence-corrected chi connectivity index (χ3v) is 4.44. The molecule has 1 fully saturated rings. The molecule has 0 spiro atoms. The van der Waals surface area contributed by atoms with Crippen LogP contribution in [0, 0.1) is 13.8 Å². The number of aryl methyl sites for hydroxylation is 2. The van der Waals surface area contributed by atoms with Gasteiger partial charge in [-0.15, -0.1) is 0 Å². The number of nitrogens with zero attached hydrogens (tertiary/aromatic N) is 2. The Morgan fingerprint density at radius 2 is 2.37 bits per heavy atom. The van der Waals surface area contributed by atoms with Gasteiger partial charge in [-0.25, -0.2) is 0 Å². The molecule has 2 aromatic rings. The van der Waals surface area contributed by atoms with E-state index in [0.717, 1.165) is 19.5 Å². The third-order valence-electron chi connectivity index (χ3n) is 3.74. The normalized spacial score (nSPS) is 19.1. The minimum Gasteiger partial charge on any atom is -0.361 e. The quantitative estimate of drug-likeness (QED) is 0.847. The number of hydrogen-bond donors (Lipinski definition) is 0. The molecule has 5 heteroatoms. The smallest absolute Gasteiger partial charge is 0.259 e. The van der Waals surface area contributed by atoms with Crippen LogP contribution in [-0.4, -0.2) is 29.1 Å². The van der Waals surface area contributed by atoms with E-state index in [1.54, 1.807) is 18.3 Å². The fraction of sp³-hybridized carbons (Fsp3) is 0.429. The van der Waals surface area contributed by atoms with E-state index in [0.29, 0.717) is 22.9 Å². The van der Waals surface area contributed by atoms with Crippen LogP contribution < -0.4 is 0 Å². The van der Waals surface area contributed by atoms with Crippen molar-refractivity contribution >= 4 is 17.2 Å². The highest BCUT2D eigenvalue weighted by molar-refractivity contribution is 7.07. The number of carbonyl (C=O) groups is 1. The van der Waals surface area contributed by atoms with Gasteiger partial charge in [0, 0.05) is 19.0 Å². The summed E-state index contributed by atoms with van der Waals surface area (Å²) in [6.45, 7) is 5.21. The molecular formula is C14H16N2O2S. The van der Waals surface area contributed by atoms with Crippen molar-refractivity contribution in [1.29, 1.82) is 0 Å². The van der Waals surface area contributed by atoms with Gasteiger partial charge in [0.1, 0.15) is 11.3 Å². The maximum atomic E-state index is 12.5. The molecule has 0 aromatic carbocycles. The second-order valence-electron chi connectivity index (χ2n) is 4.99. The Hall–Kier alpha value is -1.62. The second kappa shape index (κ2) is 4.81. The molecule has 0 saturated carbocycles.